The summed E-state index contributed by atoms with van der Waals surface area (Å²) in [6.07, 6.45) is 2.00. The summed E-state index contributed by atoms with van der Waals surface area (Å²) < 4.78 is 0. The number of fused-ring (bicyclic) bond motifs is 6. The van der Waals surface area contributed by atoms with Crippen molar-refractivity contribution in [2.24, 2.45) is 5.92 Å². The van der Waals surface area contributed by atoms with Gasteiger partial charge in [0.2, 0.25) is 5.91 Å². The second-order valence-corrected chi connectivity index (χ2v) is 11.4. The first-order valence-electron chi connectivity index (χ1n) is 14.1. The molecule has 3 aliphatic heterocycles. The number of carbonyl (C=O) groups is 3. The van der Waals surface area contributed by atoms with Gasteiger partial charge in [-0.15, -0.1) is 0 Å². The van der Waals surface area contributed by atoms with Gasteiger partial charge in [-0.3, -0.25) is 24.5 Å². The van der Waals surface area contributed by atoms with Crippen LogP contribution in [0, 0.1) is 23.0 Å². The molecule has 1 N–H and O–H groups in total. The molecule has 0 unspecified atom stereocenters. The molecule has 0 radical (unpaired) electrons. The first-order chi connectivity index (χ1) is 20.7. The average Bonchev–Trinajstić information content (AvgIpc) is 3.49. The molecule has 1 amide bonds. The number of allylic oxidation sites excluding steroid dienone is 1. The van der Waals surface area contributed by atoms with E-state index in [0.717, 1.165) is 22.4 Å². The van der Waals surface area contributed by atoms with Crippen LogP contribution in [-0.2, 0) is 10.2 Å². The molecule has 3 aliphatic rings. The molecular formula is C35H27N3O5. The second-order valence-electron chi connectivity index (χ2n) is 11.4. The molecule has 0 bridgehead atoms. The van der Waals surface area contributed by atoms with Crippen LogP contribution in [-0.4, -0.2) is 34.5 Å². The number of hydrogen-bond acceptors (Lipinski definition) is 6. The normalized spacial score (nSPS) is 23.2. The molecule has 8 heteroatoms. The van der Waals surface area contributed by atoms with E-state index in [1.54, 1.807) is 30.3 Å². The summed E-state index contributed by atoms with van der Waals surface area (Å²) in [5.41, 5.74) is 3.62. The van der Waals surface area contributed by atoms with E-state index in [0.29, 0.717) is 16.8 Å². The van der Waals surface area contributed by atoms with Crippen LogP contribution in [0.4, 0.5) is 17.1 Å². The number of non-ortho nitro benzene ring substituents is 1. The lowest BCUT2D eigenvalue weighted by atomic mass is 9.64. The van der Waals surface area contributed by atoms with Crippen LogP contribution in [0.15, 0.2) is 103 Å². The number of nitrogens with zero attached hydrogens (tertiary/aromatic N) is 2. The molecule has 3 heterocycles. The smallest absolute Gasteiger partial charge is 0.270 e. The lowest BCUT2D eigenvalue weighted by Crippen LogP contribution is -2.51. The molecular weight excluding hydrogens is 542 g/mol. The lowest BCUT2D eigenvalue weighted by Gasteiger charge is -2.39. The molecule has 0 aromatic heterocycles. The molecule has 43 heavy (non-hydrogen) atoms. The predicted molar refractivity (Wildman–Crippen MR) is 163 cm³/mol. The number of anilines is 2. The molecule has 4 atom stereocenters. The third-order valence-electron chi connectivity index (χ3n) is 9.08. The number of benzene rings is 4. The van der Waals surface area contributed by atoms with Gasteiger partial charge in [-0.05, 0) is 43.2 Å². The number of amides is 1. The summed E-state index contributed by atoms with van der Waals surface area (Å²) in [6, 6.07) is 25.7. The van der Waals surface area contributed by atoms with Crippen molar-refractivity contribution < 1.29 is 19.3 Å². The van der Waals surface area contributed by atoms with Crippen LogP contribution in [0.2, 0.25) is 0 Å². The topological polar surface area (TPSA) is 110 Å². The summed E-state index contributed by atoms with van der Waals surface area (Å²) in [7, 11) is 0. The van der Waals surface area contributed by atoms with Gasteiger partial charge < -0.3 is 10.2 Å². The van der Waals surface area contributed by atoms with E-state index < -0.39 is 34.1 Å². The molecule has 4 aromatic carbocycles. The van der Waals surface area contributed by atoms with Crippen LogP contribution in [0.3, 0.4) is 0 Å². The van der Waals surface area contributed by atoms with Crippen LogP contribution in [0.25, 0.3) is 5.57 Å². The highest BCUT2D eigenvalue weighted by atomic mass is 16.6. The minimum atomic E-state index is -1.49. The first kappa shape index (κ1) is 26.5. The second kappa shape index (κ2) is 9.59. The summed E-state index contributed by atoms with van der Waals surface area (Å²) in [4.78, 5) is 57.1. The van der Waals surface area contributed by atoms with E-state index >= 15 is 0 Å². The van der Waals surface area contributed by atoms with Crippen molar-refractivity contribution in [3.8, 4) is 0 Å². The van der Waals surface area contributed by atoms with Gasteiger partial charge in [-0.2, -0.15) is 0 Å². The van der Waals surface area contributed by atoms with E-state index in [2.05, 4.69) is 5.32 Å². The Morgan fingerprint density at radius 2 is 1.58 bits per heavy atom. The van der Waals surface area contributed by atoms with Crippen molar-refractivity contribution in [2.45, 2.75) is 31.3 Å². The molecule has 1 spiro atoms. The van der Waals surface area contributed by atoms with Gasteiger partial charge in [0.15, 0.2) is 11.6 Å². The van der Waals surface area contributed by atoms with E-state index in [-0.39, 0.29) is 22.9 Å². The zero-order valence-electron chi connectivity index (χ0n) is 23.5. The minimum absolute atomic E-state index is 0.0753. The van der Waals surface area contributed by atoms with Crippen molar-refractivity contribution >= 4 is 40.1 Å². The largest absolute Gasteiger partial charge is 0.352 e. The zero-order chi connectivity index (χ0) is 30.0. The highest BCUT2D eigenvalue weighted by molar-refractivity contribution is 6.18. The number of nitrogens with one attached hydrogen (secondary N) is 1. The molecule has 212 valence electrons. The van der Waals surface area contributed by atoms with Crippen molar-refractivity contribution in [1.82, 2.24) is 0 Å². The molecule has 0 aliphatic carbocycles. The summed E-state index contributed by atoms with van der Waals surface area (Å²) in [6.45, 7) is 3.97. The molecule has 1 fully saturated rings. The standard InChI is InChI=1S/C35H27N3O5/c1-20-15-16-28-25(17-20)21(2)18-29-35(26-13-6-7-14-27(26)36-34(35)41)30(32(39)23-11-8-12-24(19-23)38(42)43)31(37(28)29)33(40)22-9-4-3-5-10-22/h3-19,29-31H,1-2H3,(H,36,41)/t29-,30+,31-,35+/m0/s1. The quantitative estimate of drug-likeness (QED) is 0.175. The van der Waals surface area contributed by atoms with Gasteiger partial charge >= 0.3 is 0 Å². The summed E-state index contributed by atoms with van der Waals surface area (Å²) in [5.74, 6) is -2.38. The fraction of sp³-hybridized carbons (Fsp3) is 0.171. The Kier molecular flexibility index (Phi) is 5.92. The van der Waals surface area contributed by atoms with Crippen molar-refractivity contribution in [3.05, 3.63) is 141 Å². The summed E-state index contributed by atoms with van der Waals surface area (Å²) in [5, 5.41) is 14.7. The molecule has 1 saturated heterocycles. The maximum atomic E-state index is 14.9. The van der Waals surface area contributed by atoms with E-state index in [1.165, 1.54) is 24.3 Å². The number of nitro benzene ring substituents is 1. The average molecular weight is 570 g/mol. The van der Waals surface area contributed by atoms with Crippen LogP contribution in [0.1, 0.15) is 44.3 Å². The number of ketones is 2. The number of hydrogen-bond donors (Lipinski definition) is 1. The first-order valence-corrected chi connectivity index (χ1v) is 14.1. The fourth-order valence-corrected chi connectivity index (χ4v) is 7.27. The fourth-order valence-electron chi connectivity index (χ4n) is 7.27. The van der Waals surface area contributed by atoms with Crippen molar-refractivity contribution in [1.29, 1.82) is 0 Å². The molecule has 4 aromatic rings. The van der Waals surface area contributed by atoms with E-state index in [1.807, 2.05) is 67.3 Å². The SMILES string of the molecule is CC1=C[C@@H]2N(c3ccc(C)cc31)[C@H](C(=O)c1ccccc1)[C@H](C(=O)c1cccc([N+](=O)[O-])c1)[C@]21C(=O)Nc2ccccc21. The Labute approximate surface area is 247 Å². The maximum Gasteiger partial charge on any atom is 0.270 e. The highest BCUT2D eigenvalue weighted by Crippen LogP contribution is 2.59. The number of Topliss-reactive ketones (excluding diaryl/α,β-unsaturated/α-hetero) is 2. The zero-order valence-corrected chi connectivity index (χ0v) is 23.5. The van der Waals surface area contributed by atoms with Gasteiger partial charge in [0, 0.05) is 40.2 Å². The van der Waals surface area contributed by atoms with Crippen molar-refractivity contribution in [3.63, 3.8) is 0 Å². The van der Waals surface area contributed by atoms with Crippen molar-refractivity contribution in [2.75, 3.05) is 10.2 Å². The number of carbonyl (C=O) groups excluding carboxylic acids is 3. The number of nitro groups is 1. The molecule has 0 saturated carbocycles. The number of rotatable bonds is 5. The van der Waals surface area contributed by atoms with Gasteiger partial charge in [0.1, 0.15) is 11.5 Å². The maximum absolute atomic E-state index is 14.9. The van der Waals surface area contributed by atoms with Gasteiger partial charge in [-0.25, -0.2) is 0 Å². The number of para-hydroxylation sites is 1. The Morgan fingerprint density at radius 3 is 2.35 bits per heavy atom. The van der Waals surface area contributed by atoms with E-state index in [4.69, 9.17) is 0 Å². The number of aryl methyl sites for hydroxylation is 1. The predicted octanol–water partition coefficient (Wildman–Crippen LogP) is 6.15. The van der Waals surface area contributed by atoms with Gasteiger partial charge in [0.05, 0.1) is 16.9 Å². The summed E-state index contributed by atoms with van der Waals surface area (Å²) >= 11 is 0. The van der Waals surface area contributed by atoms with Crippen LogP contribution >= 0.6 is 0 Å². The van der Waals surface area contributed by atoms with Crippen LogP contribution < -0.4 is 10.2 Å². The minimum Gasteiger partial charge on any atom is -0.352 e. The monoisotopic (exact) mass is 569 g/mol. The third kappa shape index (κ3) is 3.72. The van der Waals surface area contributed by atoms with E-state index in [9.17, 15) is 24.5 Å². The Balaban J connectivity index is 1.56. The van der Waals surface area contributed by atoms with Gasteiger partial charge in [-0.1, -0.05) is 78.4 Å². The Bertz CT molecular complexity index is 1900. The molecule has 8 nitrogen and oxygen atoms in total. The third-order valence-corrected chi connectivity index (χ3v) is 9.08. The van der Waals surface area contributed by atoms with Crippen LogP contribution in [0.5, 0.6) is 0 Å². The highest BCUT2D eigenvalue weighted by Gasteiger charge is 2.70. The molecule has 7 rings (SSSR count). The Morgan fingerprint density at radius 1 is 0.860 bits per heavy atom. The lowest BCUT2D eigenvalue weighted by molar-refractivity contribution is -0.384. The Hall–Kier alpha value is -5.37. The van der Waals surface area contributed by atoms with Gasteiger partial charge in [0.25, 0.3) is 5.69 Å².